The third kappa shape index (κ3) is 5.23. The Kier molecular flexibility index (Phi) is 6.69. The molecule has 2 heterocycles. The SMILES string of the molecule is C[SiH](C)OC(c1ccnc(C(=O)c2[nH]c3ccc(Cl)cc3c2CC(=O)O)c1)C(C)(C)C. The maximum absolute atomic E-state index is 13.4. The minimum absolute atomic E-state index is 0.161. The predicted molar refractivity (Wildman–Crippen MR) is 124 cm³/mol. The average molecular weight is 459 g/mol. The first-order chi connectivity index (χ1) is 14.5. The van der Waals surface area contributed by atoms with Crippen LogP contribution in [0, 0.1) is 5.41 Å². The van der Waals surface area contributed by atoms with Gasteiger partial charge in [0.25, 0.3) is 0 Å². The number of benzene rings is 1. The van der Waals surface area contributed by atoms with Gasteiger partial charge in [-0.1, -0.05) is 32.4 Å². The molecule has 0 fully saturated rings. The number of H-pyrrole nitrogens is 1. The Bertz CT molecular complexity index is 1130. The van der Waals surface area contributed by atoms with Crippen molar-refractivity contribution in [2.45, 2.75) is 46.4 Å². The maximum Gasteiger partial charge on any atom is 0.307 e. The second-order valence-electron chi connectivity index (χ2n) is 8.97. The molecule has 0 aliphatic heterocycles. The summed E-state index contributed by atoms with van der Waals surface area (Å²) in [6, 6.07) is 8.72. The number of ketones is 1. The lowest BCUT2D eigenvalue weighted by Gasteiger charge is -2.33. The number of nitrogens with one attached hydrogen (secondary N) is 1. The van der Waals surface area contributed by atoms with Gasteiger partial charge in [-0.15, -0.1) is 0 Å². The fourth-order valence-electron chi connectivity index (χ4n) is 3.67. The number of hydrogen-bond acceptors (Lipinski definition) is 4. The summed E-state index contributed by atoms with van der Waals surface area (Å²) in [5.41, 5.74) is 2.24. The summed E-state index contributed by atoms with van der Waals surface area (Å²) in [5.74, 6) is -1.39. The molecule has 1 atom stereocenters. The van der Waals surface area contributed by atoms with Crippen LogP contribution in [0.15, 0.2) is 36.5 Å². The predicted octanol–water partition coefficient (Wildman–Crippen LogP) is 5.16. The highest BCUT2D eigenvalue weighted by molar-refractivity contribution is 6.48. The van der Waals surface area contributed by atoms with Gasteiger partial charge in [0.2, 0.25) is 5.78 Å². The highest BCUT2D eigenvalue weighted by atomic mass is 35.5. The molecule has 1 aromatic carbocycles. The number of hydrogen-bond donors (Lipinski definition) is 2. The summed E-state index contributed by atoms with van der Waals surface area (Å²) in [6.45, 7) is 10.5. The van der Waals surface area contributed by atoms with Gasteiger partial charge in [-0.3, -0.25) is 14.6 Å². The Morgan fingerprint density at radius 2 is 1.94 bits per heavy atom. The van der Waals surface area contributed by atoms with Gasteiger partial charge in [-0.25, -0.2) is 0 Å². The molecule has 0 spiro atoms. The maximum atomic E-state index is 13.4. The van der Waals surface area contributed by atoms with Crippen molar-refractivity contribution >= 4 is 43.3 Å². The van der Waals surface area contributed by atoms with Crippen LogP contribution in [0.25, 0.3) is 10.9 Å². The smallest absolute Gasteiger partial charge is 0.307 e. The van der Waals surface area contributed by atoms with Gasteiger partial charge < -0.3 is 14.5 Å². The van der Waals surface area contributed by atoms with Crippen LogP contribution >= 0.6 is 11.6 Å². The van der Waals surface area contributed by atoms with Crippen LogP contribution in [-0.2, 0) is 15.6 Å². The zero-order valence-corrected chi connectivity index (χ0v) is 20.2. The van der Waals surface area contributed by atoms with E-state index in [4.69, 9.17) is 16.0 Å². The molecule has 2 aromatic heterocycles. The van der Waals surface area contributed by atoms with Crippen LogP contribution in [-0.4, -0.2) is 35.9 Å². The molecule has 0 bridgehead atoms. The van der Waals surface area contributed by atoms with Crippen molar-refractivity contribution in [1.82, 2.24) is 9.97 Å². The monoisotopic (exact) mass is 458 g/mol. The minimum Gasteiger partial charge on any atom is -0.481 e. The Labute approximate surface area is 188 Å². The third-order valence-corrected chi connectivity index (χ3v) is 5.99. The number of aromatic nitrogens is 2. The van der Waals surface area contributed by atoms with Crippen molar-refractivity contribution in [3.05, 3.63) is 64.1 Å². The number of aromatic amines is 1. The number of carbonyl (C=O) groups excluding carboxylic acids is 1. The molecule has 1 unspecified atom stereocenters. The van der Waals surface area contributed by atoms with Gasteiger partial charge in [0.15, 0.2) is 9.04 Å². The number of nitrogens with zero attached hydrogens (tertiary/aromatic N) is 1. The summed E-state index contributed by atoms with van der Waals surface area (Å²) in [4.78, 5) is 32.2. The van der Waals surface area contributed by atoms with E-state index in [9.17, 15) is 14.7 Å². The fourth-order valence-corrected chi connectivity index (χ4v) is 4.95. The van der Waals surface area contributed by atoms with E-state index in [1.807, 2.05) is 6.07 Å². The van der Waals surface area contributed by atoms with E-state index in [0.29, 0.717) is 21.5 Å². The first kappa shape index (κ1) is 23.2. The number of halogens is 1. The van der Waals surface area contributed by atoms with Gasteiger partial charge in [0.05, 0.1) is 18.2 Å². The normalized spacial score (nSPS) is 13.0. The molecule has 2 N–H and O–H groups in total. The second-order valence-corrected chi connectivity index (χ2v) is 11.8. The Morgan fingerprint density at radius 3 is 2.55 bits per heavy atom. The lowest BCUT2D eigenvalue weighted by atomic mass is 9.85. The van der Waals surface area contributed by atoms with Crippen LogP contribution < -0.4 is 0 Å². The van der Waals surface area contributed by atoms with Crippen molar-refractivity contribution in [3.8, 4) is 0 Å². The summed E-state index contributed by atoms with van der Waals surface area (Å²) in [5, 5.41) is 10.5. The zero-order chi connectivity index (χ0) is 22.9. The summed E-state index contributed by atoms with van der Waals surface area (Å²) in [7, 11) is -1.34. The number of pyridine rings is 1. The van der Waals surface area contributed by atoms with E-state index >= 15 is 0 Å². The number of aliphatic carboxylic acids is 1. The van der Waals surface area contributed by atoms with Crippen LogP contribution in [0.1, 0.15) is 54.2 Å². The quantitative estimate of drug-likeness (QED) is 0.376. The largest absolute Gasteiger partial charge is 0.481 e. The molecule has 0 aliphatic carbocycles. The molecule has 0 saturated heterocycles. The van der Waals surface area contributed by atoms with Crippen molar-refractivity contribution in [2.24, 2.45) is 5.41 Å². The van der Waals surface area contributed by atoms with E-state index in [-0.39, 0.29) is 35.1 Å². The standard InChI is InChI=1S/C23H27ClN2O4Si/c1-23(2,3)22(30-31(4)5)13-8-9-25-18(10-13)21(29)20-16(12-19(27)28)15-11-14(24)6-7-17(15)26-20/h6-11,22,26,31H,12H2,1-5H3,(H,27,28). The molecule has 0 radical (unpaired) electrons. The summed E-state index contributed by atoms with van der Waals surface area (Å²) < 4.78 is 6.28. The van der Waals surface area contributed by atoms with Crippen LogP contribution in [0.5, 0.6) is 0 Å². The van der Waals surface area contributed by atoms with Crippen molar-refractivity contribution in [1.29, 1.82) is 0 Å². The molecule has 3 rings (SSSR count). The molecule has 31 heavy (non-hydrogen) atoms. The van der Waals surface area contributed by atoms with Crippen molar-refractivity contribution < 1.29 is 19.1 Å². The fraction of sp³-hybridized carbons (Fsp3) is 0.348. The highest BCUT2D eigenvalue weighted by Crippen LogP contribution is 2.37. The number of carboxylic acids is 1. The van der Waals surface area contributed by atoms with E-state index in [0.717, 1.165) is 5.56 Å². The summed E-state index contributed by atoms with van der Waals surface area (Å²) in [6.07, 6.45) is 1.13. The van der Waals surface area contributed by atoms with Gasteiger partial charge in [-0.2, -0.15) is 0 Å². The first-order valence-electron chi connectivity index (χ1n) is 10.2. The minimum atomic E-state index is -1.34. The number of fused-ring (bicyclic) bond motifs is 1. The van der Waals surface area contributed by atoms with Gasteiger partial charge >= 0.3 is 5.97 Å². The Hall–Kier alpha value is -2.48. The molecule has 3 aromatic rings. The topological polar surface area (TPSA) is 92.3 Å². The lowest BCUT2D eigenvalue weighted by Crippen LogP contribution is -2.26. The zero-order valence-electron chi connectivity index (χ0n) is 18.3. The van der Waals surface area contributed by atoms with Gasteiger partial charge in [-0.05, 0) is 54.4 Å². The highest BCUT2D eigenvalue weighted by Gasteiger charge is 2.29. The van der Waals surface area contributed by atoms with Crippen LogP contribution in [0.3, 0.4) is 0 Å². The molecule has 0 aliphatic rings. The molecule has 164 valence electrons. The third-order valence-electron chi connectivity index (χ3n) is 4.94. The Morgan fingerprint density at radius 1 is 1.23 bits per heavy atom. The average Bonchev–Trinajstić information content (AvgIpc) is 3.01. The Balaban J connectivity index is 2.09. The molecule has 8 heteroatoms. The molecule has 6 nitrogen and oxygen atoms in total. The second kappa shape index (κ2) is 8.94. The number of carboxylic acid groups (broad SMARTS) is 1. The number of carbonyl (C=O) groups is 2. The molecule has 0 amide bonds. The lowest BCUT2D eigenvalue weighted by molar-refractivity contribution is -0.136. The molecular weight excluding hydrogens is 432 g/mol. The number of rotatable bonds is 7. The van der Waals surface area contributed by atoms with E-state index in [1.165, 1.54) is 0 Å². The van der Waals surface area contributed by atoms with Crippen molar-refractivity contribution in [2.75, 3.05) is 0 Å². The van der Waals surface area contributed by atoms with Crippen molar-refractivity contribution in [3.63, 3.8) is 0 Å². The van der Waals surface area contributed by atoms with Gasteiger partial charge in [0.1, 0.15) is 5.69 Å². The molecular formula is C23H27ClN2O4Si. The van der Waals surface area contributed by atoms with E-state index in [2.05, 4.69) is 43.8 Å². The molecule has 0 saturated carbocycles. The van der Waals surface area contributed by atoms with Gasteiger partial charge in [0, 0.05) is 27.7 Å². The van der Waals surface area contributed by atoms with Crippen LogP contribution in [0.4, 0.5) is 0 Å². The van der Waals surface area contributed by atoms with E-state index < -0.39 is 15.0 Å². The summed E-state index contributed by atoms with van der Waals surface area (Å²) >= 11 is 6.10. The van der Waals surface area contributed by atoms with E-state index in [1.54, 1.807) is 30.5 Å². The van der Waals surface area contributed by atoms with Crippen LogP contribution in [0.2, 0.25) is 18.1 Å². The first-order valence-corrected chi connectivity index (χ1v) is 13.3.